The highest BCUT2D eigenvalue weighted by Gasteiger charge is 2.18. The molecule has 1 heterocycles. The van der Waals surface area contributed by atoms with Gasteiger partial charge in [-0.25, -0.2) is 4.98 Å². The standard InChI is InChI=1S/C24H28N4O4/c1-4-32-23(30)21(15-29)25-14-18-13-22(31-3)28-24(26-18)27-20-12-8-11-19(16(20)2)17-9-6-5-7-10-17/h5-13,21,25,29H,4,14-15H2,1-3H3,(H,26,27,28)/t21-/m1/s1. The van der Waals surface area contributed by atoms with Gasteiger partial charge >= 0.3 is 5.97 Å². The van der Waals surface area contributed by atoms with Crippen molar-refractivity contribution in [2.45, 2.75) is 26.4 Å². The van der Waals surface area contributed by atoms with Crippen molar-refractivity contribution in [3.8, 4) is 17.0 Å². The monoisotopic (exact) mass is 436 g/mol. The highest BCUT2D eigenvalue weighted by molar-refractivity contribution is 5.76. The normalized spacial score (nSPS) is 11.6. The van der Waals surface area contributed by atoms with E-state index in [1.54, 1.807) is 13.0 Å². The van der Waals surface area contributed by atoms with E-state index in [0.717, 1.165) is 22.4 Å². The lowest BCUT2D eigenvalue weighted by Gasteiger charge is -2.16. The maximum atomic E-state index is 11.9. The van der Waals surface area contributed by atoms with E-state index >= 15 is 0 Å². The third-order valence-corrected chi connectivity index (χ3v) is 4.91. The van der Waals surface area contributed by atoms with Gasteiger partial charge in [0.1, 0.15) is 6.04 Å². The molecule has 0 unspecified atom stereocenters. The van der Waals surface area contributed by atoms with E-state index in [4.69, 9.17) is 9.47 Å². The van der Waals surface area contributed by atoms with Crippen LogP contribution in [0, 0.1) is 6.92 Å². The SMILES string of the molecule is CCOC(=O)[C@@H](CO)NCc1cc(OC)nc(Nc2cccc(-c3ccccc3)c2C)n1. The molecule has 8 heteroatoms. The number of hydrogen-bond acceptors (Lipinski definition) is 8. The van der Waals surface area contributed by atoms with Gasteiger partial charge in [-0.2, -0.15) is 4.98 Å². The summed E-state index contributed by atoms with van der Waals surface area (Å²) in [7, 11) is 1.53. The van der Waals surface area contributed by atoms with E-state index < -0.39 is 12.0 Å². The van der Waals surface area contributed by atoms with Crippen LogP contribution in [0.1, 0.15) is 18.2 Å². The van der Waals surface area contributed by atoms with Crippen molar-refractivity contribution in [2.75, 3.05) is 25.6 Å². The quantitative estimate of drug-likeness (QED) is 0.416. The van der Waals surface area contributed by atoms with E-state index in [9.17, 15) is 9.90 Å². The number of rotatable bonds is 10. The molecule has 0 aliphatic rings. The number of aliphatic hydroxyl groups excluding tert-OH is 1. The van der Waals surface area contributed by atoms with Gasteiger partial charge in [0, 0.05) is 18.3 Å². The molecule has 3 N–H and O–H groups in total. The predicted molar refractivity (Wildman–Crippen MR) is 123 cm³/mol. The zero-order chi connectivity index (χ0) is 22.9. The van der Waals surface area contributed by atoms with Crippen molar-refractivity contribution < 1.29 is 19.4 Å². The maximum absolute atomic E-state index is 11.9. The lowest BCUT2D eigenvalue weighted by Crippen LogP contribution is -2.40. The number of nitrogens with zero attached hydrogens (tertiary/aromatic N) is 2. The fraction of sp³-hybridized carbons (Fsp3) is 0.292. The van der Waals surface area contributed by atoms with E-state index in [1.807, 2.05) is 37.3 Å². The molecule has 32 heavy (non-hydrogen) atoms. The molecule has 1 aromatic heterocycles. The summed E-state index contributed by atoms with van der Waals surface area (Å²) in [4.78, 5) is 20.8. The summed E-state index contributed by atoms with van der Waals surface area (Å²) in [5.41, 5.74) is 4.77. The summed E-state index contributed by atoms with van der Waals surface area (Å²) >= 11 is 0. The molecule has 0 radical (unpaired) electrons. The number of methoxy groups -OCH3 is 1. The van der Waals surface area contributed by atoms with Gasteiger partial charge in [-0.1, -0.05) is 42.5 Å². The zero-order valence-corrected chi connectivity index (χ0v) is 18.5. The van der Waals surface area contributed by atoms with Crippen LogP contribution in [-0.4, -0.2) is 47.4 Å². The first-order valence-electron chi connectivity index (χ1n) is 10.4. The first-order valence-corrected chi connectivity index (χ1v) is 10.4. The average molecular weight is 437 g/mol. The number of carbonyl (C=O) groups excluding carboxylic acids is 1. The molecule has 8 nitrogen and oxygen atoms in total. The van der Waals surface area contributed by atoms with Gasteiger partial charge in [-0.3, -0.25) is 10.1 Å². The van der Waals surface area contributed by atoms with Crippen LogP contribution in [-0.2, 0) is 16.1 Å². The summed E-state index contributed by atoms with van der Waals surface area (Å²) in [6.45, 7) is 3.85. The first kappa shape index (κ1) is 23.2. The summed E-state index contributed by atoms with van der Waals surface area (Å²) in [5, 5.41) is 15.7. The van der Waals surface area contributed by atoms with Gasteiger partial charge in [0.25, 0.3) is 0 Å². The molecular formula is C24H28N4O4. The number of aromatic nitrogens is 2. The Labute approximate surface area is 187 Å². The van der Waals surface area contributed by atoms with Crippen molar-refractivity contribution in [1.29, 1.82) is 0 Å². The van der Waals surface area contributed by atoms with E-state index in [-0.39, 0.29) is 19.8 Å². The zero-order valence-electron chi connectivity index (χ0n) is 18.5. The Morgan fingerprint density at radius 2 is 1.91 bits per heavy atom. The number of carbonyl (C=O) groups is 1. The summed E-state index contributed by atoms with van der Waals surface area (Å²) in [6.07, 6.45) is 0. The maximum Gasteiger partial charge on any atom is 0.325 e. The van der Waals surface area contributed by atoms with Gasteiger partial charge < -0.3 is 19.9 Å². The molecular weight excluding hydrogens is 408 g/mol. The molecule has 3 rings (SSSR count). The summed E-state index contributed by atoms with van der Waals surface area (Å²) < 4.78 is 10.3. The lowest BCUT2D eigenvalue weighted by atomic mass is 9.99. The molecule has 0 aliphatic carbocycles. The van der Waals surface area contributed by atoms with Gasteiger partial charge in [-0.05, 0) is 36.6 Å². The minimum Gasteiger partial charge on any atom is -0.481 e. The topological polar surface area (TPSA) is 106 Å². The molecule has 0 spiro atoms. The second-order valence-electron chi connectivity index (χ2n) is 7.06. The molecule has 0 saturated carbocycles. The molecule has 0 fully saturated rings. The van der Waals surface area contributed by atoms with Gasteiger partial charge in [-0.15, -0.1) is 0 Å². The highest BCUT2D eigenvalue weighted by atomic mass is 16.5. The first-order chi connectivity index (χ1) is 15.5. The molecule has 0 amide bonds. The van der Waals surface area contributed by atoms with Crippen molar-refractivity contribution in [3.05, 3.63) is 65.9 Å². The van der Waals surface area contributed by atoms with E-state index in [2.05, 4.69) is 38.8 Å². The fourth-order valence-corrected chi connectivity index (χ4v) is 3.24. The summed E-state index contributed by atoms with van der Waals surface area (Å²) in [6, 6.07) is 17.0. The van der Waals surface area contributed by atoms with Crippen LogP contribution in [0.4, 0.5) is 11.6 Å². The minimum absolute atomic E-state index is 0.223. The van der Waals surface area contributed by atoms with Crippen LogP contribution in [0.3, 0.4) is 0 Å². The molecule has 0 bridgehead atoms. The van der Waals surface area contributed by atoms with Crippen molar-refractivity contribution in [3.63, 3.8) is 0 Å². The molecule has 2 aromatic carbocycles. The van der Waals surface area contributed by atoms with Crippen molar-refractivity contribution >= 4 is 17.6 Å². The van der Waals surface area contributed by atoms with Crippen LogP contribution in [0.5, 0.6) is 5.88 Å². The molecule has 168 valence electrons. The smallest absolute Gasteiger partial charge is 0.325 e. The third kappa shape index (κ3) is 5.81. The van der Waals surface area contributed by atoms with Crippen LogP contribution in [0.15, 0.2) is 54.6 Å². The molecule has 1 atom stereocenters. The van der Waals surface area contributed by atoms with Crippen molar-refractivity contribution in [1.82, 2.24) is 15.3 Å². The number of esters is 1. The summed E-state index contributed by atoms with van der Waals surface area (Å²) in [5.74, 6) is 0.238. The second-order valence-corrected chi connectivity index (χ2v) is 7.06. The number of aliphatic hydroxyl groups is 1. The molecule has 0 saturated heterocycles. The van der Waals surface area contributed by atoms with Gasteiger partial charge in [0.05, 0.1) is 26.0 Å². The van der Waals surface area contributed by atoms with Crippen molar-refractivity contribution in [2.24, 2.45) is 0 Å². The van der Waals surface area contributed by atoms with Gasteiger partial charge in [0.2, 0.25) is 11.8 Å². The Morgan fingerprint density at radius 1 is 1.12 bits per heavy atom. The average Bonchev–Trinajstić information content (AvgIpc) is 2.81. The number of benzene rings is 2. The Bertz CT molecular complexity index is 1040. The molecule has 3 aromatic rings. The Hall–Kier alpha value is -3.49. The van der Waals surface area contributed by atoms with E-state index in [1.165, 1.54) is 7.11 Å². The Kier molecular flexibility index (Phi) is 8.13. The van der Waals surface area contributed by atoms with Crippen LogP contribution >= 0.6 is 0 Å². The third-order valence-electron chi connectivity index (χ3n) is 4.91. The number of ether oxygens (including phenoxy) is 2. The molecule has 0 aliphatic heterocycles. The van der Waals surface area contributed by atoms with Crippen LogP contribution in [0.25, 0.3) is 11.1 Å². The fourth-order valence-electron chi connectivity index (χ4n) is 3.24. The Balaban J connectivity index is 1.81. The van der Waals surface area contributed by atoms with Crippen LogP contribution < -0.4 is 15.4 Å². The van der Waals surface area contributed by atoms with Crippen LogP contribution in [0.2, 0.25) is 0 Å². The Morgan fingerprint density at radius 3 is 2.59 bits per heavy atom. The number of anilines is 2. The van der Waals surface area contributed by atoms with E-state index in [0.29, 0.717) is 17.5 Å². The predicted octanol–water partition coefficient (Wildman–Crippen LogP) is 3.22. The second kappa shape index (κ2) is 11.2. The highest BCUT2D eigenvalue weighted by Crippen LogP contribution is 2.30. The minimum atomic E-state index is -0.836. The number of nitrogens with one attached hydrogen (secondary N) is 2. The number of hydrogen-bond donors (Lipinski definition) is 3. The largest absolute Gasteiger partial charge is 0.481 e. The lowest BCUT2D eigenvalue weighted by molar-refractivity contribution is -0.146. The van der Waals surface area contributed by atoms with Gasteiger partial charge in [0.15, 0.2) is 0 Å².